The van der Waals surface area contributed by atoms with Gasteiger partial charge < -0.3 is 34.5 Å². The van der Waals surface area contributed by atoms with Crippen molar-refractivity contribution in [2.45, 2.75) is 102 Å². The predicted octanol–water partition coefficient (Wildman–Crippen LogP) is 3.86. The number of allylic oxidation sites excluding steroid dienone is 1. The van der Waals surface area contributed by atoms with E-state index in [0.717, 1.165) is 24.8 Å². The molecule has 0 bridgehead atoms. The highest BCUT2D eigenvalue weighted by molar-refractivity contribution is 5.96. The molecule has 0 radical (unpaired) electrons. The first-order valence-corrected chi connectivity index (χ1v) is 14.9. The number of ether oxygens (including phenoxy) is 2. The van der Waals surface area contributed by atoms with E-state index in [-0.39, 0.29) is 31.4 Å². The SMILES string of the molecule is Cc1ccc2oc(O[C@@H]3C[C@H]4C(=O)N[C@]5(C(=O)O)C[C@H]5/C=C\CCCCC[C@H](NC(=O)OC(C)(C)C)C(=O)N4C3)nc2c1. The molecule has 3 N–H and O–H groups in total. The Morgan fingerprint density at radius 1 is 1.21 bits per heavy atom. The van der Waals surface area contributed by atoms with Crippen molar-refractivity contribution in [2.24, 2.45) is 5.92 Å². The van der Waals surface area contributed by atoms with Crippen LogP contribution in [-0.2, 0) is 19.1 Å². The molecular formula is C31H40N4O8. The lowest BCUT2D eigenvalue weighted by atomic mass is 10.0. The van der Waals surface area contributed by atoms with Gasteiger partial charge in [0.25, 0.3) is 0 Å². The van der Waals surface area contributed by atoms with Crippen molar-refractivity contribution >= 4 is 35.0 Å². The number of oxazole rings is 1. The van der Waals surface area contributed by atoms with Gasteiger partial charge in [0.1, 0.15) is 34.8 Å². The van der Waals surface area contributed by atoms with Gasteiger partial charge in [-0.15, -0.1) is 0 Å². The van der Waals surface area contributed by atoms with Crippen LogP contribution in [0.3, 0.4) is 0 Å². The van der Waals surface area contributed by atoms with Crippen LogP contribution >= 0.6 is 0 Å². The Hall–Kier alpha value is -4.09. The highest BCUT2D eigenvalue weighted by atomic mass is 16.6. The number of carboxylic acid groups (broad SMARTS) is 1. The van der Waals surface area contributed by atoms with Crippen molar-refractivity contribution in [2.75, 3.05) is 6.54 Å². The molecule has 43 heavy (non-hydrogen) atoms. The summed E-state index contributed by atoms with van der Waals surface area (Å²) in [5.41, 5.74) is -0.0216. The number of aromatic nitrogens is 1. The standard InChI is InChI=1S/C31H40N4O8/c1-18-12-13-24-22(14-18)33-29(42-24)41-20-15-23-25(36)34-31(27(38)39)16-19(31)10-8-6-5-7-9-11-21(26(37)35(23)17-20)32-28(40)43-30(2,3)4/h8,10,12-14,19-21,23H,5-7,9,11,15-17H2,1-4H3,(H,32,40)(H,34,36)(H,38,39)/b10-8-/t19-,20-,21+,23+,31-/m1/s1. The highest BCUT2D eigenvalue weighted by Crippen LogP contribution is 2.45. The Labute approximate surface area is 250 Å². The van der Waals surface area contributed by atoms with Crippen LogP contribution in [0.4, 0.5) is 4.79 Å². The minimum Gasteiger partial charge on any atom is -0.479 e. The smallest absolute Gasteiger partial charge is 0.408 e. The van der Waals surface area contributed by atoms with Crippen LogP contribution in [-0.4, -0.2) is 74.7 Å². The van der Waals surface area contributed by atoms with Crippen molar-refractivity contribution in [3.05, 3.63) is 35.9 Å². The van der Waals surface area contributed by atoms with Crippen molar-refractivity contribution in [1.29, 1.82) is 0 Å². The van der Waals surface area contributed by atoms with Crippen LogP contribution in [0.2, 0.25) is 0 Å². The van der Waals surface area contributed by atoms with E-state index in [4.69, 9.17) is 13.9 Å². The Morgan fingerprint density at radius 3 is 2.74 bits per heavy atom. The summed E-state index contributed by atoms with van der Waals surface area (Å²) < 4.78 is 17.2. The average Bonchev–Trinajstić information content (AvgIpc) is 3.23. The molecule has 2 fully saturated rings. The van der Waals surface area contributed by atoms with Gasteiger partial charge in [-0.3, -0.25) is 9.59 Å². The van der Waals surface area contributed by atoms with Gasteiger partial charge in [0, 0.05) is 12.3 Å². The van der Waals surface area contributed by atoms with E-state index >= 15 is 0 Å². The topological polar surface area (TPSA) is 160 Å². The number of carboxylic acids is 1. The lowest BCUT2D eigenvalue weighted by Crippen LogP contribution is -2.56. The summed E-state index contributed by atoms with van der Waals surface area (Å²) in [5.74, 6) is -2.50. The fourth-order valence-corrected chi connectivity index (χ4v) is 5.81. The van der Waals surface area contributed by atoms with Gasteiger partial charge in [0.05, 0.1) is 6.54 Å². The van der Waals surface area contributed by atoms with E-state index in [0.29, 0.717) is 23.9 Å². The van der Waals surface area contributed by atoms with E-state index in [2.05, 4.69) is 15.6 Å². The van der Waals surface area contributed by atoms with Crippen molar-refractivity contribution < 1.29 is 38.2 Å². The van der Waals surface area contributed by atoms with Crippen molar-refractivity contribution in [3.8, 4) is 6.08 Å². The molecule has 12 heteroatoms. The second kappa shape index (κ2) is 11.9. The normalized spacial score (nSPS) is 29.0. The molecule has 12 nitrogen and oxygen atoms in total. The van der Waals surface area contributed by atoms with Gasteiger partial charge in [0.15, 0.2) is 5.58 Å². The maximum absolute atomic E-state index is 14.0. The third-order valence-corrected chi connectivity index (χ3v) is 8.10. The molecule has 1 aromatic carbocycles. The maximum atomic E-state index is 14.0. The fraction of sp³-hybridized carbons (Fsp3) is 0.581. The number of fused-ring (bicyclic) bond motifs is 3. The molecule has 3 aliphatic rings. The molecule has 1 aromatic heterocycles. The summed E-state index contributed by atoms with van der Waals surface area (Å²) in [7, 11) is 0. The number of carbonyl (C=O) groups is 4. The first-order chi connectivity index (χ1) is 20.3. The summed E-state index contributed by atoms with van der Waals surface area (Å²) in [6.07, 6.45) is 6.21. The molecule has 2 aromatic rings. The predicted molar refractivity (Wildman–Crippen MR) is 155 cm³/mol. The number of alkyl carbamates (subject to hydrolysis) is 1. The summed E-state index contributed by atoms with van der Waals surface area (Å²) in [6.45, 7) is 7.16. The molecule has 2 aliphatic heterocycles. The fourth-order valence-electron chi connectivity index (χ4n) is 5.81. The Kier molecular flexibility index (Phi) is 8.40. The quantitative estimate of drug-likeness (QED) is 0.445. The van der Waals surface area contributed by atoms with Crippen LogP contribution in [0.15, 0.2) is 34.8 Å². The molecule has 0 unspecified atom stereocenters. The lowest BCUT2D eigenvalue weighted by molar-refractivity contribution is -0.145. The number of hydrogen-bond donors (Lipinski definition) is 3. The number of carbonyl (C=O) groups excluding carboxylic acids is 3. The molecule has 5 rings (SSSR count). The number of amides is 3. The maximum Gasteiger partial charge on any atom is 0.408 e. The van der Waals surface area contributed by atoms with Crippen LogP contribution in [0.1, 0.15) is 71.3 Å². The van der Waals surface area contributed by atoms with Gasteiger partial charge in [-0.2, -0.15) is 4.98 Å². The molecule has 3 amide bonds. The monoisotopic (exact) mass is 596 g/mol. The van der Waals surface area contributed by atoms with Crippen LogP contribution in [0.5, 0.6) is 6.08 Å². The molecule has 0 spiro atoms. The van der Waals surface area contributed by atoms with E-state index in [1.165, 1.54) is 4.90 Å². The van der Waals surface area contributed by atoms with Gasteiger partial charge >= 0.3 is 18.1 Å². The molecule has 3 heterocycles. The van der Waals surface area contributed by atoms with Gasteiger partial charge in [-0.25, -0.2) is 9.59 Å². The van der Waals surface area contributed by atoms with Crippen LogP contribution in [0, 0.1) is 12.8 Å². The average molecular weight is 597 g/mol. The van der Waals surface area contributed by atoms with Gasteiger partial charge in [-0.1, -0.05) is 31.1 Å². The number of nitrogens with one attached hydrogen (secondary N) is 2. The number of nitrogens with zero attached hydrogens (tertiary/aromatic N) is 2. The zero-order valence-corrected chi connectivity index (χ0v) is 25.1. The Morgan fingerprint density at radius 2 is 2.00 bits per heavy atom. The van der Waals surface area contributed by atoms with Gasteiger partial charge in [0.2, 0.25) is 11.8 Å². The number of rotatable bonds is 4. The van der Waals surface area contributed by atoms with E-state index in [1.54, 1.807) is 26.8 Å². The zero-order chi connectivity index (χ0) is 30.9. The number of aryl methyl sites for hydroxylation is 1. The second-order valence-electron chi connectivity index (χ2n) is 12.8. The third-order valence-electron chi connectivity index (χ3n) is 8.10. The van der Waals surface area contributed by atoms with Crippen molar-refractivity contribution in [3.63, 3.8) is 0 Å². The number of hydrogen-bond acceptors (Lipinski definition) is 8. The third kappa shape index (κ3) is 6.94. The molecule has 232 valence electrons. The first-order valence-electron chi connectivity index (χ1n) is 14.9. The van der Waals surface area contributed by atoms with E-state index in [9.17, 15) is 24.3 Å². The van der Waals surface area contributed by atoms with Gasteiger partial charge in [-0.05, 0) is 71.1 Å². The minimum absolute atomic E-state index is 0.0130. The first kappa shape index (κ1) is 30.4. The second-order valence-corrected chi connectivity index (χ2v) is 12.8. The summed E-state index contributed by atoms with van der Waals surface area (Å²) in [5, 5.41) is 15.5. The summed E-state index contributed by atoms with van der Waals surface area (Å²) in [6, 6.07) is 3.57. The number of aliphatic carboxylic acids is 1. The largest absolute Gasteiger partial charge is 0.479 e. The molecule has 1 aliphatic carbocycles. The molecule has 1 saturated heterocycles. The zero-order valence-electron chi connectivity index (χ0n) is 25.1. The van der Waals surface area contributed by atoms with Crippen molar-refractivity contribution in [1.82, 2.24) is 20.5 Å². The summed E-state index contributed by atoms with van der Waals surface area (Å²) in [4.78, 5) is 58.5. The molecular weight excluding hydrogens is 556 g/mol. The Bertz CT molecular complexity index is 1430. The molecule has 1 saturated carbocycles. The highest BCUT2D eigenvalue weighted by Gasteiger charge is 2.61. The lowest BCUT2D eigenvalue weighted by Gasteiger charge is -2.30. The van der Waals surface area contributed by atoms with Crippen LogP contribution < -0.4 is 15.4 Å². The van der Waals surface area contributed by atoms with Crippen LogP contribution in [0.25, 0.3) is 11.1 Å². The van der Waals surface area contributed by atoms with E-state index in [1.807, 2.05) is 31.2 Å². The van der Waals surface area contributed by atoms with E-state index < -0.39 is 53.2 Å². The molecule has 5 atom stereocenters. The number of benzene rings is 1. The Balaban J connectivity index is 1.42. The minimum atomic E-state index is -1.42. The summed E-state index contributed by atoms with van der Waals surface area (Å²) >= 11 is 0.